The van der Waals surface area contributed by atoms with Crippen molar-refractivity contribution in [1.82, 2.24) is 4.90 Å². The molecule has 0 radical (unpaired) electrons. The predicted molar refractivity (Wildman–Crippen MR) is 142 cm³/mol. The highest BCUT2D eigenvalue weighted by atomic mass is 35.5. The molecule has 1 N–H and O–H groups in total. The molecule has 1 aliphatic heterocycles. The molecule has 188 valence electrons. The average Bonchev–Trinajstić information content (AvgIpc) is 3.17. The van der Waals surface area contributed by atoms with Gasteiger partial charge in [0.1, 0.15) is 12.4 Å². The second kappa shape index (κ2) is 11.3. The van der Waals surface area contributed by atoms with Gasteiger partial charge in [-0.25, -0.2) is 9.79 Å². The topological polar surface area (TPSA) is 122 Å². The fraction of sp³-hybridized carbons (Fsp3) is 0.115. The van der Waals surface area contributed by atoms with Crippen LogP contribution in [0, 0.1) is 10.1 Å². The first kappa shape index (κ1) is 25.9. The molecular weight excluding hydrogens is 518 g/mol. The normalized spacial score (nSPS) is 15.4. The molecule has 0 atom stereocenters. The largest absolute Gasteiger partial charge is 0.487 e. The number of carboxylic acid groups (broad SMARTS) is 1. The second-order valence-electron chi connectivity index (χ2n) is 7.81. The number of carbonyl (C=O) groups is 2. The van der Waals surface area contributed by atoms with Gasteiger partial charge in [0.25, 0.3) is 11.6 Å². The summed E-state index contributed by atoms with van der Waals surface area (Å²) in [6, 6.07) is 17.3. The van der Waals surface area contributed by atoms with Crippen molar-refractivity contribution in [3.05, 3.63) is 103 Å². The van der Waals surface area contributed by atoms with Gasteiger partial charge >= 0.3 is 5.97 Å². The number of rotatable bonds is 8. The number of amides is 1. The minimum Gasteiger partial charge on any atom is -0.487 e. The van der Waals surface area contributed by atoms with E-state index in [4.69, 9.17) is 21.4 Å². The maximum Gasteiger partial charge on any atom is 0.335 e. The monoisotopic (exact) mass is 537 g/mol. The molecule has 1 fully saturated rings. The molecule has 11 heteroatoms. The molecule has 0 aromatic heterocycles. The van der Waals surface area contributed by atoms with Gasteiger partial charge in [-0.05, 0) is 84.4 Å². The van der Waals surface area contributed by atoms with Crippen LogP contribution in [0.4, 0.5) is 11.4 Å². The number of carbonyl (C=O) groups excluding carboxylic acids is 1. The van der Waals surface area contributed by atoms with E-state index < -0.39 is 10.9 Å². The number of benzene rings is 3. The highest BCUT2D eigenvalue weighted by Crippen LogP contribution is 2.35. The van der Waals surface area contributed by atoms with Crippen molar-refractivity contribution in [2.45, 2.75) is 13.5 Å². The molecule has 4 rings (SSSR count). The van der Waals surface area contributed by atoms with E-state index in [1.54, 1.807) is 53.4 Å². The molecule has 1 saturated heterocycles. The summed E-state index contributed by atoms with van der Waals surface area (Å²) in [6.07, 6.45) is 1.72. The van der Waals surface area contributed by atoms with Crippen molar-refractivity contribution < 1.29 is 24.4 Å². The first-order valence-electron chi connectivity index (χ1n) is 11.0. The summed E-state index contributed by atoms with van der Waals surface area (Å²) in [5.41, 5.74) is 2.16. The Kier molecular flexibility index (Phi) is 7.90. The number of amidine groups is 1. The van der Waals surface area contributed by atoms with E-state index in [1.165, 1.54) is 36.0 Å². The van der Waals surface area contributed by atoms with E-state index in [1.807, 2.05) is 6.92 Å². The van der Waals surface area contributed by atoms with Gasteiger partial charge in [0.05, 0.1) is 26.1 Å². The van der Waals surface area contributed by atoms with Crippen LogP contribution in [0.2, 0.25) is 5.02 Å². The van der Waals surface area contributed by atoms with Gasteiger partial charge in [0, 0.05) is 18.7 Å². The van der Waals surface area contributed by atoms with E-state index in [2.05, 4.69) is 4.99 Å². The molecule has 0 spiro atoms. The molecule has 3 aromatic carbocycles. The number of ether oxygens (including phenoxy) is 1. The zero-order valence-corrected chi connectivity index (χ0v) is 21.0. The average molecular weight is 538 g/mol. The molecule has 0 saturated carbocycles. The van der Waals surface area contributed by atoms with Gasteiger partial charge in [-0.3, -0.25) is 19.8 Å². The Morgan fingerprint density at radius 3 is 2.46 bits per heavy atom. The zero-order valence-electron chi connectivity index (χ0n) is 19.5. The SMILES string of the molecule is CCN1C(=O)C(=Cc2ccc(OCc3ccc([N+](=O)[O-])cc3)c(Cl)c2)SC1=Nc1ccc(C(=O)O)cc1. The van der Waals surface area contributed by atoms with Crippen molar-refractivity contribution in [1.29, 1.82) is 0 Å². The Bertz CT molecular complexity index is 1420. The van der Waals surface area contributed by atoms with Gasteiger partial charge in [0.15, 0.2) is 5.17 Å². The number of likely N-dealkylation sites (N-methyl/N-ethyl adjacent to an activating group) is 1. The maximum atomic E-state index is 12.9. The number of non-ortho nitro benzene ring substituents is 1. The Balaban J connectivity index is 1.48. The molecule has 3 aromatic rings. The van der Waals surface area contributed by atoms with E-state index in [-0.39, 0.29) is 23.8 Å². The fourth-order valence-electron chi connectivity index (χ4n) is 3.41. The number of aliphatic imine (C=N–C) groups is 1. The Labute approximate surface area is 221 Å². The quantitative estimate of drug-likeness (QED) is 0.208. The van der Waals surface area contributed by atoms with Crippen LogP contribution in [0.5, 0.6) is 5.75 Å². The van der Waals surface area contributed by atoms with Crippen molar-refractivity contribution in [2.75, 3.05) is 6.54 Å². The summed E-state index contributed by atoms with van der Waals surface area (Å²) in [7, 11) is 0. The van der Waals surface area contributed by atoms with Crippen LogP contribution < -0.4 is 4.74 Å². The molecule has 37 heavy (non-hydrogen) atoms. The van der Waals surface area contributed by atoms with Crippen LogP contribution >= 0.6 is 23.4 Å². The first-order valence-corrected chi connectivity index (χ1v) is 12.2. The number of aromatic carboxylic acids is 1. The van der Waals surface area contributed by atoms with Gasteiger partial charge in [0.2, 0.25) is 0 Å². The van der Waals surface area contributed by atoms with Crippen LogP contribution in [0.25, 0.3) is 6.08 Å². The lowest BCUT2D eigenvalue weighted by Crippen LogP contribution is -2.28. The molecule has 1 amide bonds. The van der Waals surface area contributed by atoms with Gasteiger partial charge < -0.3 is 9.84 Å². The summed E-state index contributed by atoms with van der Waals surface area (Å²) in [5.74, 6) is -0.774. The lowest BCUT2D eigenvalue weighted by Gasteiger charge is -2.12. The number of nitrogens with zero attached hydrogens (tertiary/aromatic N) is 3. The Morgan fingerprint density at radius 1 is 1.16 bits per heavy atom. The Hall–Kier alpha value is -4.15. The van der Waals surface area contributed by atoms with Crippen molar-refractivity contribution in [3.63, 3.8) is 0 Å². The van der Waals surface area contributed by atoms with Crippen LogP contribution in [-0.4, -0.2) is 38.5 Å². The molecule has 1 heterocycles. The van der Waals surface area contributed by atoms with Crippen LogP contribution in [0.15, 0.2) is 76.6 Å². The number of hydrogen-bond acceptors (Lipinski definition) is 7. The fourth-order valence-corrected chi connectivity index (χ4v) is 4.72. The number of nitro benzene ring substituents is 1. The standard InChI is InChI=1S/C26H20ClN3O6S/c1-2-29-24(31)23(37-26(29)28-19-8-6-18(7-9-19)25(32)33)14-17-5-12-22(21(27)13-17)36-15-16-3-10-20(11-4-16)30(34)35/h3-14H,2,15H2,1H3,(H,32,33). The number of nitro groups is 1. The molecule has 9 nitrogen and oxygen atoms in total. The number of hydrogen-bond donors (Lipinski definition) is 1. The Morgan fingerprint density at radius 2 is 1.86 bits per heavy atom. The number of carboxylic acids is 1. The van der Waals surface area contributed by atoms with Crippen molar-refractivity contribution >= 4 is 57.9 Å². The third kappa shape index (κ3) is 6.16. The third-order valence-electron chi connectivity index (χ3n) is 5.34. The highest BCUT2D eigenvalue weighted by molar-refractivity contribution is 8.18. The van der Waals surface area contributed by atoms with E-state index in [0.29, 0.717) is 38.6 Å². The summed E-state index contributed by atoms with van der Waals surface area (Å²) in [5, 5.41) is 20.7. The first-order chi connectivity index (χ1) is 17.7. The summed E-state index contributed by atoms with van der Waals surface area (Å²) in [4.78, 5) is 40.9. The van der Waals surface area contributed by atoms with Crippen LogP contribution in [0.1, 0.15) is 28.4 Å². The van der Waals surface area contributed by atoms with Crippen molar-refractivity contribution in [2.24, 2.45) is 4.99 Å². The van der Waals surface area contributed by atoms with Gasteiger partial charge in [-0.1, -0.05) is 17.7 Å². The second-order valence-corrected chi connectivity index (χ2v) is 9.22. The molecule has 0 bridgehead atoms. The minimum absolute atomic E-state index is 0.00411. The highest BCUT2D eigenvalue weighted by Gasteiger charge is 2.32. The summed E-state index contributed by atoms with van der Waals surface area (Å²) >= 11 is 7.62. The lowest BCUT2D eigenvalue weighted by molar-refractivity contribution is -0.384. The molecule has 0 aliphatic carbocycles. The van der Waals surface area contributed by atoms with E-state index >= 15 is 0 Å². The van der Waals surface area contributed by atoms with Crippen LogP contribution in [-0.2, 0) is 11.4 Å². The summed E-state index contributed by atoms with van der Waals surface area (Å²) in [6.45, 7) is 2.45. The minimum atomic E-state index is -1.02. The molecule has 1 aliphatic rings. The molecular formula is C26H20ClN3O6S. The molecule has 0 unspecified atom stereocenters. The predicted octanol–water partition coefficient (Wildman–Crippen LogP) is 6.15. The van der Waals surface area contributed by atoms with Gasteiger partial charge in [-0.15, -0.1) is 0 Å². The zero-order chi connectivity index (χ0) is 26.5. The van der Waals surface area contributed by atoms with Gasteiger partial charge in [-0.2, -0.15) is 0 Å². The maximum absolute atomic E-state index is 12.9. The van der Waals surface area contributed by atoms with Crippen LogP contribution in [0.3, 0.4) is 0 Å². The lowest BCUT2D eigenvalue weighted by atomic mass is 10.2. The number of thioether (sulfide) groups is 1. The van der Waals surface area contributed by atoms with E-state index in [0.717, 1.165) is 5.56 Å². The summed E-state index contributed by atoms with van der Waals surface area (Å²) < 4.78 is 5.75. The third-order valence-corrected chi connectivity index (χ3v) is 6.64. The number of halogens is 1. The van der Waals surface area contributed by atoms with Crippen molar-refractivity contribution in [3.8, 4) is 5.75 Å². The smallest absolute Gasteiger partial charge is 0.335 e. The van der Waals surface area contributed by atoms with E-state index in [9.17, 15) is 19.7 Å².